The molecule has 2 aromatic rings. The minimum absolute atomic E-state index is 0.118. The Labute approximate surface area is 187 Å². The third-order valence-corrected chi connectivity index (χ3v) is 6.13. The molecule has 0 spiro atoms. The van der Waals surface area contributed by atoms with Crippen LogP contribution in [0.25, 0.3) is 11.1 Å². The summed E-state index contributed by atoms with van der Waals surface area (Å²) in [5.74, 6) is 0.0736. The third-order valence-electron chi connectivity index (χ3n) is 5.94. The number of nitrogens with one attached hydrogen (secondary N) is 2. The van der Waals surface area contributed by atoms with Crippen LogP contribution in [0.15, 0.2) is 30.3 Å². The number of esters is 1. The van der Waals surface area contributed by atoms with Crippen LogP contribution in [-0.2, 0) is 9.53 Å². The molecule has 6 nitrogen and oxygen atoms in total. The lowest BCUT2D eigenvalue weighted by atomic mass is 9.75. The molecule has 1 fully saturated rings. The number of hydrogen-bond donors (Lipinski definition) is 2. The van der Waals surface area contributed by atoms with Crippen LogP contribution < -0.4 is 5.32 Å². The second-order valence-electron chi connectivity index (χ2n) is 8.65. The lowest BCUT2D eigenvalue weighted by Gasteiger charge is -2.37. The first-order chi connectivity index (χ1) is 14.7. The van der Waals surface area contributed by atoms with E-state index in [-0.39, 0.29) is 35.0 Å². The number of carbonyl (C=O) groups excluding carboxylic acids is 3. The van der Waals surface area contributed by atoms with Gasteiger partial charge in [0.2, 0.25) is 5.91 Å². The van der Waals surface area contributed by atoms with Gasteiger partial charge in [-0.15, -0.1) is 11.6 Å². The van der Waals surface area contributed by atoms with Crippen molar-refractivity contribution in [3.63, 3.8) is 0 Å². The Kier molecular flexibility index (Phi) is 7.21. The number of amides is 1. The molecular formula is C24H29ClN2O4. The molecule has 0 aliphatic heterocycles. The van der Waals surface area contributed by atoms with Crippen molar-refractivity contribution in [2.45, 2.75) is 52.0 Å². The molecule has 31 heavy (non-hydrogen) atoms. The molecule has 1 saturated carbocycles. The standard InChI is InChI=1S/C24H29ClN2O4/c1-13-10-14(2)21(15(3)11-13)31-24(30)20-19(17-8-6-5-7-9-17)18(12-28)26-22(20)27-23(29)16(4)25/h5-9,12-16,21,26H,10-11H2,1-4H3,(H,27,29). The van der Waals surface area contributed by atoms with Gasteiger partial charge in [0.1, 0.15) is 22.9 Å². The van der Waals surface area contributed by atoms with Gasteiger partial charge in [-0.25, -0.2) is 4.79 Å². The van der Waals surface area contributed by atoms with Crippen molar-refractivity contribution < 1.29 is 19.1 Å². The minimum atomic E-state index is -0.813. The van der Waals surface area contributed by atoms with Crippen LogP contribution >= 0.6 is 11.6 Å². The summed E-state index contributed by atoms with van der Waals surface area (Å²) < 4.78 is 5.99. The maximum atomic E-state index is 13.4. The minimum Gasteiger partial charge on any atom is -0.458 e. The van der Waals surface area contributed by atoms with Gasteiger partial charge in [0.25, 0.3) is 0 Å². The second-order valence-corrected chi connectivity index (χ2v) is 9.31. The number of halogens is 1. The molecule has 1 aromatic heterocycles. The van der Waals surface area contributed by atoms with E-state index in [0.717, 1.165) is 12.8 Å². The van der Waals surface area contributed by atoms with E-state index in [1.807, 2.05) is 18.2 Å². The van der Waals surface area contributed by atoms with Gasteiger partial charge in [-0.3, -0.25) is 9.59 Å². The fourth-order valence-electron chi connectivity index (χ4n) is 4.64. The summed E-state index contributed by atoms with van der Waals surface area (Å²) >= 11 is 5.90. The summed E-state index contributed by atoms with van der Waals surface area (Å²) in [5.41, 5.74) is 1.40. The van der Waals surface area contributed by atoms with Crippen LogP contribution in [-0.4, -0.2) is 34.6 Å². The lowest BCUT2D eigenvalue weighted by Crippen LogP contribution is -2.37. The van der Waals surface area contributed by atoms with Crippen LogP contribution in [0.5, 0.6) is 0 Å². The van der Waals surface area contributed by atoms with E-state index in [0.29, 0.717) is 23.3 Å². The van der Waals surface area contributed by atoms with E-state index >= 15 is 0 Å². The number of rotatable bonds is 6. The summed E-state index contributed by atoms with van der Waals surface area (Å²) in [6, 6.07) is 9.08. The number of carbonyl (C=O) groups is 3. The number of aldehydes is 1. The Balaban J connectivity index is 2.05. The molecular weight excluding hydrogens is 416 g/mol. The number of aromatic amines is 1. The number of hydrogen-bond acceptors (Lipinski definition) is 4. The van der Waals surface area contributed by atoms with Crippen molar-refractivity contribution in [2.24, 2.45) is 17.8 Å². The fraction of sp³-hybridized carbons (Fsp3) is 0.458. The molecule has 2 N–H and O–H groups in total. The van der Waals surface area contributed by atoms with E-state index in [2.05, 4.69) is 31.1 Å². The summed E-state index contributed by atoms with van der Waals surface area (Å²) in [6.07, 6.45) is 2.35. The summed E-state index contributed by atoms with van der Waals surface area (Å²) in [4.78, 5) is 40.4. The second kappa shape index (κ2) is 9.69. The Morgan fingerprint density at radius 2 is 1.77 bits per heavy atom. The largest absolute Gasteiger partial charge is 0.458 e. The first-order valence-corrected chi connectivity index (χ1v) is 11.1. The zero-order valence-electron chi connectivity index (χ0n) is 18.3. The van der Waals surface area contributed by atoms with E-state index in [1.54, 1.807) is 12.1 Å². The molecule has 1 aliphatic rings. The molecule has 3 rings (SSSR count). The van der Waals surface area contributed by atoms with Crippen LogP contribution in [0.3, 0.4) is 0 Å². The first-order valence-electron chi connectivity index (χ1n) is 10.6. The smallest absolute Gasteiger partial charge is 0.342 e. The molecule has 0 saturated heterocycles. The van der Waals surface area contributed by atoms with Crippen molar-refractivity contribution in [3.8, 4) is 11.1 Å². The van der Waals surface area contributed by atoms with E-state index in [1.165, 1.54) is 6.92 Å². The van der Waals surface area contributed by atoms with Gasteiger partial charge in [0, 0.05) is 5.56 Å². The number of anilines is 1. The highest BCUT2D eigenvalue weighted by molar-refractivity contribution is 6.32. The first kappa shape index (κ1) is 23.1. The van der Waals surface area contributed by atoms with Crippen molar-refractivity contribution in [3.05, 3.63) is 41.6 Å². The normalized spacial score (nSPS) is 24.3. The molecule has 1 aliphatic carbocycles. The van der Waals surface area contributed by atoms with Gasteiger partial charge >= 0.3 is 5.97 Å². The van der Waals surface area contributed by atoms with Gasteiger partial charge in [-0.1, -0.05) is 51.1 Å². The maximum absolute atomic E-state index is 13.4. The topological polar surface area (TPSA) is 88.3 Å². The molecule has 166 valence electrons. The average molecular weight is 445 g/mol. The van der Waals surface area contributed by atoms with Gasteiger partial charge in [0.15, 0.2) is 6.29 Å². The van der Waals surface area contributed by atoms with Gasteiger partial charge < -0.3 is 15.0 Å². The monoisotopic (exact) mass is 444 g/mol. The molecule has 1 amide bonds. The van der Waals surface area contributed by atoms with Crippen LogP contribution in [0, 0.1) is 17.8 Å². The Morgan fingerprint density at radius 1 is 1.16 bits per heavy atom. The Hall–Kier alpha value is -2.60. The molecule has 3 atom stereocenters. The lowest BCUT2D eigenvalue weighted by molar-refractivity contribution is -0.115. The van der Waals surface area contributed by atoms with Gasteiger partial charge in [-0.2, -0.15) is 0 Å². The molecule has 0 bridgehead atoms. The third kappa shape index (κ3) is 5.01. The van der Waals surface area contributed by atoms with E-state index < -0.39 is 17.3 Å². The summed E-state index contributed by atoms with van der Waals surface area (Å²) in [7, 11) is 0. The van der Waals surface area contributed by atoms with Crippen molar-refractivity contribution in [1.29, 1.82) is 0 Å². The molecule has 3 unspecified atom stereocenters. The highest BCUT2D eigenvalue weighted by Crippen LogP contribution is 2.38. The fourth-order valence-corrected chi connectivity index (χ4v) is 4.70. The number of ether oxygens (including phenoxy) is 1. The van der Waals surface area contributed by atoms with Crippen LogP contribution in [0.4, 0.5) is 5.82 Å². The molecule has 1 heterocycles. The zero-order chi connectivity index (χ0) is 22.7. The SMILES string of the molecule is CC1CC(C)C(OC(=O)c2c(NC(=O)C(C)Cl)[nH]c(C=O)c2-c2ccccc2)C(C)C1. The van der Waals surface area contributed by atoms with Crippen LogP contribution in [0.1, 0.15) is 61.4 Å². The van der Waals surface area contributed by atoms with Crippen LogP contribution in [0.2, 0.25) is 0 Å². The van der Waals surface area contributed by atoms with Gasteiger partial charge in [0.05, 0.1) is 5.69 Å². The molecule has 7 heteroatoms. The van der Waals surface area contributed by atoms with Gasteiger partial charge in [-0.05, 0) is 43.1 Å². The zero-order valence-corrected chi connectivity index (χ0v) is 19.0. The highest BCUT2D eigenvalue weighted by Gasteiger charge is 2.36. The van der Waals surface area contributed by atoms with Crippen molar-refractivity contribution in [1.82, 2.24) is 4.98 Å². The Morgan fingerprint density at radius 3 is 2.32 bits per heavy atom. The molecule has 1 aromatic carbocycles. The Bertz CT molecular complexity index is 942. The maximum Gasteiger partial charge on any atom is 0.342 e. The van der Waals surface area contributed by atoms with E-state index in [4.69, 9.17) is 16.3 Å². The van der Waals surface area contributed by atoms with E-state index in [9.17, 15) is 14.4 Å². The predicted molar refractivity (Wildman–Crippen MR) is 121 cm³/mol. The number of benzene rings is 1. The predicted octanol–water partition coefficient (Wildman–Crippen LogP) is 5.29. The number of alkyl halides is 1. The number of aromatic nitrogens is 1. The summed E-state index contributed by atoms with van der Waals surface area (Å²) in [6.45, 7) is 7.92. The van der Waals surface area contributed by atoms with Crippen molar-refractivity contribution >= 4 is 35.6 Å². The highest BCUT2D eigenvalue weighted by atomic mass is 35.5. The summed E-state index contributed by atoms with van der Waals surface area (Å²) in [5, 5.41) is 1.82. The quantitative estimate of drug-likeness (QED) is 0.360. The molecule has 0 radical (unpaired) electrons. The average Bonchev–Trinajstić information content (AvgIpc) is 3.09. The number of H-pyrrole nitrogens is 1. The van der Waals surface area contributed by atoms with Crippen molar-refractivity contribution in [2.75, 3.05) is 5.32 Å².